The fraction of sp³-hybridized carbons (Fsp3) is 0.389. The van der Waals surface area contributed by atoms with Gasteiger partial charge in [0.05, 0.1) is 6.26 Å². The van der Waals surface area contributed by atoms with Gasteiger partial charge in [0.2, 0.25) is 0 Å². The number of hydrogen-bond acceptors (Lipinski definition) is 3. The number of nitrogens with zero attached hydrogens (tertiary/aromatic N) is 1. The van der Waals surface area contributed by atoms with E-state index in [4.69, 9.17) is 4.42 Å². The number of likely N-dealkylation sites (tertiary alicyclic amines) is 1. The summed E-state index contributed by atoms with van der Waals surface area (Å²) in [6.07, 6.45) is 5.51. The van der Waals surface area contributed by atoms with Crippen molar-refractivity contribution >= 4 is 5.91 Å². The van der Waals surface area contributed by atoms with Gasteiger partial charge in [-0.3, -0.25) is 4.79 Å². The Hall–Kier alpha value is -2.07. The van der Waals surface area contributed by atoms with E-state index in [-0.39, 0.29) is 5.91 Å². The molecule has 116 valence electrons. The van der Waals surface area contributed by atoms with E-state index in [0.717, 1.165) is 30.8 Å². The van der Waals surface area contributed by atoms with Crippen molar-refractivity contribution in [2.75, 3.05) is 26.2 Å². The highest BCUT2D eigenvalue weighted by Crippen LogP contribution is 2.21. The van der Waals surface area contributed by atoms with E-state index >= 15 is 0 Å². The average Bonchev–Trinajstić information content (AvgIpc) is 3.07. The van der Waals surface area contributed by atoms with E-state index in [0.29, 0.717) is 12.3 Å². The summed E-state index contributed by atoms with van der Waals surface area (Å²) < 4.78 is 5.40. The number of benzene rings is 1. The van der Waals surface area contributed by atoms with Gasteiger partial charge in [0.25, 0.3) is 5.91 Å². The van der Waals surface area contributed by atoms with Crippen molar-refractivity contribution in [3.63, 3.8) is 0 Å². The van der Waals surface area contributed by atoms with E-state index in [2.05, 4.69) is 10.2 Å². The Kier molecular flexibility index (Phi) is 4.91. The van der Waals surface area contributed by atoms with E-state index in [1.54, 1.807) is 12.3 Å². The zero-order valence-electron chi connectivity index (χ0n) is 12.8. The molecule has 0 bridgehead atoms. The Morgan fingerprint density at radius 1 is 1.09 bits per heavy atom. The van der Waals surface area contributed by atoms with Crippen LogP contribution in [0.2, 0.25) is 0 Å². The third kappa shape index (κ3) is 3.77. The maximum Gasteiger partial charge on any atom is 0.287 e. The third-order valence-corrected chi connectivity index (χ3v) is 4.09. The lowest BCUT2D eigenvalue weighted by atomic mass is 10.1. The van der Waals surface area contributed by atoms with E-state index in [9.17, 15) is 4.79 Å². The summed E-state index contributed by atoms with van der Waals surface area (Å²) in [5, 5.41) is 2.94. The minimum absolute atomic E-state index is 0.140. The molecule has 0 spiro atoms. The molecule has 0 unspecified atom stereocenters. The average molecular weight is 298 g/mol. The second-order valence-electron chi connectivity index (χ2n) is 5.72. The van der Waals surface area contributed by atoms with Crippen LogP contribution in [-0.2, 0) is 0 Å². The molecule has 0 saturated carbocycles. The Morgan fingerprint density at radius 2 is 1.86 bits per heavy atom. The second kappa shape index (κ2) is 7.27. The summed E-state index contributed by atoms with van der Waals surface area (Å²) in [7, 11) is 0. The van der Waals surface area contributed by atoms with Gasteiger partial charge < -0.3 is 14.6 Å². The first kappa shape index (κ1) is 14.9. The van der Waals surface area contributed by atoms with E-state index in [1.165, 1.54) is 19.3 Å². The normalized spacial score (nSPS) is 15.6. The summed E-state index contributed by atoms with van der Waals surface area (Å²) in [6.45, 7) is 3.88. The fourth-order valence-corrected chi connectivity index (χ4v) is 2.83. The molecule has 3 rings (SSSR count). The molecule has 1 aromatic heterocycles. The fourth-order valence-electron chi connectivity index (χ4n) is 2.83. The lowest BCUT2D eigenvalue weighted by Gasteiger charge is -2.26. The van der Waals surface area contributed by atoms with Crippen molar-refractivity contribution in [3.05, 3.63) is 48.4 Å². The standard InChI is InChI=1S/C18H22N2O2/c21-18(19-9-12-20-10-5-2-6-11-20)17-13-16(14-22-17)15-7-3-1-4-8-15/h1,3-4,7-8,13-14H,2,5-6,9-12H2,(H,19,21). The Bertz CT molecular complexity index is 601. The van der Waals surface area contributed by atoms with Gasteiger partial charge in [0, 0.05) is 18.7 Å². The van der Waals surface area contributed by atoms with Gasteiger partial charge in [-0.05, 0) is 37.6 Å². The summed E-state index contributed by atoms with van der Waals surface area (Å²) in [5.74, 6) is 0.233. The number of carbonyl (C=O) groups excluding carboxylic acids is 1. The van der Waals surface area contributed by atoms with Gasteiger partial charge >= 0.3 is 0 Å². The first-order valence-corrected chi connectivity index (χ1v) is 7.97. The minimum atomic E-state index is -0.140. The van der Waals surface area contributed by atoms with Gasteiger partial charge in [-0.15, -0.1) is 0 Å². The highest BCUT2D eigenvalue weighted by molar-refractivity contribution is 5.92. The molecule has 1 saturated heterocycles. The van der Waals surface area contributed by atoms with Gasteiger partial charge in [0.1, 0.15) is 0 Å². The molecule has 0 atom stereocenters. The predicted octanol–water partition coefficient (Wildman–Crippen LogP) is 3.16. The Balaban J connectivity index is 1.51. The first-order chi connectivity index (χ1) is 10.8. The molecular formula is C18H22N2O2. The monoisotopic (exact) mass is 298 g/mol. The summed E-state index contributed by atoms with van der Waals surface area (Å²) in [4.78, 5) is 14.5. The quantitative estimate of drug-likeness (QED) is 0.922. The van der Waals surface area contributed by atoms with Crippen LogP contribution in [0.3, 0.4) is 0 Å². The summed E-state index contributed by atoms with van der Waals surface area (Å²) in [6, 6.07) is 11.7. The number of carbonyl (C=O) groups is 1. The summed E-state index contributed by atoms with van der Waals surface area (Å²) >= 11 is 0. The van der Waals surface area contributed by atoms with Crippen LogP contribution in [0.4, 0.5) is 0 Å². The van der Waals surface area contributed by atoms with Crippen LogP contribution < -0.4 is 5.32 Å². The van der Waals surface area contributed by atoms with Crippen LogP contribution in [0.5, 0.6) is 0 Å². The molecule has 4 heteroatoms. The smallest absolute Gasteiger partial charge is 0.287 e. The van der Waals surface area contributed by atoms with Crippen LogP contribution in [0, 0.1) is 0 Å². The van der Waals surface area contributed by atoms with E-state index in [1.807, 2.05) is 30.3 Å². The molecule has 0 aliphatic carbocycles. The van der Waals surface area contributed by atoms with Crippen molar-refractivity contribution in [2.45, 2.75) is 19.3 Å². The molecule has 1 N–H and O–H groups in total. The lowest BCUT2D eigenvalue weighted by Crippen LogP contribution is -2.37. The molecule has 22 heavy (non-hydrogen) atoms. The minimum Gasteiger partial charge on any atom is -0.459 e. The highest BCUT2D eigenvalue weighted by atomic mass is 16.3. The lowest BCUT2D eigenvalue weighted by molar-refractivity contribution is 0.0919. The number of amides is 1. The molecule has 1 aliphatic heterocycles. The molecule has 1 amide bonds. The topological polar surface area (TPSA) is 45.5 Å². The first-order valence-electron chi connectivity index (χ1n) is 7.97. The van der Waals surface area contributed by atoms with Crippen LogP contribution >= 0.6 is 0 Å². The van der Waals surface area contributed by atoms with Crippen molar-refractivity contribution in [1.82, 2.24) is 10.2 Å². The van der Waals surface area contributed by atoms with Gasteiger partial charge in [-0.25, -0.2) is 0 Å². The van der Waals surface area contributed by atoms with Crippen LogP contribution in [0.1, 0.15) is 29.8 Å². The molecule has 2 aromatic rings. The molecule has 4 nitrogen and oxygen atoms in total. The summed E-state index contributed by atoms with van der Waals surface area (Å²) in [5.41, 5.74) is 1.99. The predicted molar refractivity (Wildman–Crippen MR) is 86.8 cm³/mol. The van der Waals surface area contributed by atoms with E-state index < -0.39 is 0 Å². The zero-order chi connectivity index (χ0) is 15.2. The van der Waals surface area contributed by atoms with Gasteiger partial charge in [0.15, 0.2) is 5.76 Å². The molecule has 1 aliphatic rings. The third-order valence-electron chi connectivity index (χ3n) is 4.09. The largest absolute Gasteiger partial charge is 0.459 e. The molecule has 2 heterocycles. The van der Waals surface area contributed by atoms with Crippen molar-refractivity contribution in [2.24, 2.45) is 0 Å². The number of hydrogen-bond donors (Lipinski definition) is 1. The molecule has 1 aromatic carbocycles. The second-order valence-corrected chi connectivity index (χ2v) is 5.72. The SMILES string of the molecule is O=C(NCCN1CCCCC1)c1cc(-c2ccccc2)co1. The number of piperidine rings is 1. The van der Waals surface area contributed by atoms with Crippen LogP contribution in [0.25, 0.3) is 11.1 Å². The highest BCUT2D eigenvalue weighted by Gasteiger charge is 2.13. The van der Waals surface area contributed by atoms with Crippen molar-refractivity contribution in [3.8, 4) is 11.1 Å². The maximum atomic E-state index is 12.1. The van der Waals surface area contributed by atoms with Crippen LogP contribution in [-0.4, -0.2) is 37.0 Å². The van der Waals surface area contributed by atoms with Crippen LogP contribution in [0.15, 0.2) is 47.1 Å². The van der Waals surface area contributed by atoms with Crippen molar-refractivity contribution < 1.29 is 9.21 Å². The Labute approximate surface area is 131 Å². The van der Waals surface area contributed by atoms with Gasteiger partial charge in [-0.2, -0.15) is 0 Å². The Morgan fingerprint density at radius 3 is 2.64 bits per heavy atom. The maximum absolute atomic E-state index is 12.1. The molecular weight excluding hydrogens is 276 g/mol. The zero-order valence-corrected chi connectivity index (χ0v) is 12.8. The molecule has 1 fully saturated rings. The molecule has 0 radical (unpaired) electrons. The number of furan rings is 1. The van der Waals surface area contributed by atoms with Crippen molar-refractivity contribution in [1.29, 1.82) is 0 Å². The number of rotatable bonds is 5. The van der Waals surface area contributed by atoms with Gasteiger partial charge in [-0.1, -0.05) is 36.8 Å². The number of nitrogens with one attached hydrogen (secondary N) is 1.